The fraction of sp³-hybridized carbons (Fsp3) is 0.750. The molecule has 0 amide bonds. The Balaban J connectivity index is 0. The summed E-state index contributed by atoms with van der Waals surface area (Å²) < 4.78 is 31.0. The van der Waals surface area contributed by atoms with Crippen LogP contribution in [0.15, 0.2) is 30.3 Å². The van der Waals surface area contributed by atoms with E-state index in [0.29, 0.717) is 12.2 Å². The van der Waals surface area contributed by atoms with Gasteiger partial charge in [-0.15, -0.1) is 0 Å². The van der Waals surface area contributed by atoms with Crippen molar-refractivity contribution in [3.8, 4) is 5.75 Å². The second-order valence-corrected chi connectivity index (χ2v) is 9.80. The maximum absolute atomic E-state index is 12.8. The third-order valence-electron chi connectivity index (χ3n) is 5.37. The van der Waals surface area contributed by atoms with Gasteiger partial charge in [-0.05, 0) is 25.0 Å². The van der Waals surface area contributed by atoms with E-state index in [0.717, 1.165) is 38.5 Å². The van der Waals surface area contributed by atoms with Gasteiger partial charge in [-0.1, -0.05) is 116 Å². The Labute approximate surface area is 204 Å². The summed E-state index contributed by atoms with van der Waals surface area (Å²) in [6.07, 6.45) is 17.1. The van der Waals surface area contributed by atoms with Gasteiger partial charge in [0.25, 0.3) is 0 Å². The van der Waals surface area contributed by atoms with Crippen LogP contribution in [0.1, 0.15) is 112 Å². The first-order valence-corrected chi connectivity index (χ1v) is 13.1. The van der Waals surface area contributed by atoms with Crippen LogP contribution in [-0.2, 0) is 10.1 Å². The van der Waals surface area contributed by atoms with E-state index in [1.807, 2.05) is 18.2 Å². The van der Waals surface area contributed by atoms with E-state index in [9.17, 15) is 8.42 Å². The number of benzene rings is 1. The summed E-state index contributed by atoms with van der Waals surface area (Å²) in [5, 5.41) is -0.380. The smallest absolute Gasteiger partial charge is 1.00 e. The zero-order valence-electron chi connectivity index (χ0n) is 20.2. The quantitative estimate of drug-likeness (QED) is 0.190. The second-order valence-electron chi connectivity index (χ2n) is 7.98. The molecule has 0 saturated heterocycles. The predicted molar refractivity (Wildman–Crippen MR) is 121 cm³/mol. The van der Waals surface area contributed by atoms with Crippen molar-refractivity contribution < 1.29 is 43.6 Å². The number of para-hydroxylation sites is 1. The van der Waals surface area contributed by atoms with Crippen LogP contribution in [0.5, 0.6) is 5.75 Å². The van der Waals surface area contributed by atoms with E-state index >= 15 is 0 Å². The topological polar surface area (TPSA) is 43.4 Å². The van der Waals surface area contributed by atoms with Gasteiger partial charge in [-0.2, -0.15) is 8.42 Å². The van der Waals surface area contributed by atoms with Crippen molar-refractivity contribution in [2.75, 3.05) is 0 Å². The van der Waals surface area contributed by atoms with Gasteiger partial charge in [0.05, 0.1) is 5.25 Å². The Bertz CT molecular complexity index is 581. The van der Waals surface area contributed by atoms with Gasteiger partial charge in [0.1, 0.15) is 5.75 Å². The molecule has 0 N–H and O–H groups in total. The molecule has 1 aromatic rings. The standard InChI is InChI=1S/C24H42O3S.Na.H/c1-3-5-7-9-10-11-12-13-18-22-24(21-17-8-6-4-2)28(25,26)27-23-19-15-14-16-20-23;;/h14-16,19-20,24H,3-13,17-18,21-22H2,1-2H3;;/q;+1;-1. The second kappa shape index (κ2) is 18.7. The van der Waals surface area contributed by atoms with Gasteiger partial charge in [-0.25, -0.2) is 0 Å². The van der Waals surface area contributed by atoms with Gasteiger partial charge in [-0.3, -0.25) is 0 Å². The molecular formula is C24H43NaO3S. The third kappa shape index (κ3) is 14.6. The molecule has 1 atom stereocenters. The van der Waals surface area contributed by atoms with E-state index in [1.54, 1.807) is 12.1 Å². The summed E-state index contributed by atoms with van der Waals surface area (Å²) in [6, 6.07) is 8.90. The van der Waals surface area contributed by atoms with Crippen LogP contribution >= 0.6 is 0 Å². The van der Waals surface area contributed by atoms with Crippen molar-refractivity contribution in [3.63, 3.8) is 0 Å². The molecule has 0 fully saturated rings. The first kappa shape index (κ1) is 29.0. The molecule has 29 heavy (non-hydrogen) atoms. The Morgan fingerprint density at radius 2 is 1.14 bits per heavy atom. The Hall–Kier alpha value is -0.0300. The maximum Gasteiger partial charge on any atom is 1.00 e. The van der Waals surface area contributed by atoms with Crippen LogP contribution in [-0.4, -0.2) is 13.7 Å². The van der Waals surface area contributed by atoms with Crippen LogP contribution in [0.3, 0.4) is 0 Å². The third-order valence-corrected chi connectivity index (χ3v) is 7.09. The molecule has 0 radical (unpaired) electrons. The van der Waals surface area contributed by atoms with Crippen LogP contribution in [0.2, 0.25) is 0 Å². The monoisotopic (exact) mass is 434 g/mol. The molecule has 0 heterocycles. The first-order chi connectivity index (χ1) is 13.6. The van der Waals surface area contributed by atoms with Crippen LogP contribution in [0.25, 0.3) is 0 Å². The summed E-state index contributed by atoms with van der Waals surface area (Å²) in [5.41, 5.74) is 0. The van der Waals surface area contributed by atoms with Crippen molar-refractivity contribution in [2.45, 2.75) is 115 Å². The minimum atomic E-state index is -3.57. The fourth-order valence-electron chi connectivity index (χ4n) is 3.59. The summed E-state index contributed by atoms with van der Waals surface area (Å²) >= 11 is 0. The van der Waals surface area contributed by atoms with Gasteiger partial charge >= 0.3 is 39.7 Å². The molecule has 0 aromatic heterocycles. The number of unbranched alkanes of at least 4 members (excludes halogenated alkanes) is 11. The normalized spacial score (nSPS) is 12.3. The zero-order chi connectivity index (χ0) is 20.5. The summed E-state index contributed by atoms with van der Waals surface area (Å²) in [6.45, 7) is 4.42. The van der Waals surface area contributed by atoms with E-state index in [4.69, 9.17) is 4.18 Å². The molecule has 1 rings (SSSR count). The summed E-state index contributed by atoms with van der Waals surface area (Å²) in [4.78, 5) is 0. The van der Waals surface area contributed by atoms with Crippen LogP contribution in [0.4, 0.5) is 0 Å². The molecule has 0 saturated carbocycles. The molecule has 5 heteroatoms. The molecule has 164 valence electrons. The molecule has 0 aliphatic heterocycles. The predicted octanol–water partition coefficient (Wildman–Crippen LogP) is 4.77. The van der Waals surface area contributed by atoms with Crippen molar-refractivity contribution in [1.82, 2.24) is 0 Å². The number of rotatable bonds is 18. The summed E-state index contributed by atoms with van der Waals surface area (Å²) in [5.74, 6) is 0.424. The molecule has 0 spiro atoms. The SMILES string of the molecule is CCCCCCCCCCCC(CCCCCC)S(=O)(=O)Oc1ccccc1.[H-].[Na+]. The number of hydrogen-bond donors (Lipinski definition) is 0. The average Bonchev–Trinajstić information content (AvgIpc) is 2.68. The Kier molecular flexibility index (Phi) is 18.7. The summed E-state index contributed by atoms with van der Waals surface area (Å²) in [7, 11) is -3.57. The van der Waals surface area contributed by atoms with Gasteiger partial charge in [0.15, 0.2) is 0 Å². The Morgan fingerprint density at radius 3 is 1.62 bits per heavy atom. The largest absolute Gasteiger partial charge is 1.00 e. The molecule has 3 nitrogen and oxygen atoms in total. The maximum atomic E-state index is 12.8. The minimum Gasteiger partial charge on any atom is -1.00 e. The van der Waals surface area contributed by atoms with Crippen molar-refractivity contribution >= 4 is 10.1 Å². The van der Waals surface area contributed by atoms with Gasteiger partial charge in [0.2, 0.25) is 0 Å². The van der Waals surface area contributed by atoms with Gasteiger partial charge < -0.3 is 5.61 Å². The average molecular weight is 435 g/mol. The van der Waals surface area contributed by atoms with Crippen molar-refractivity contribution in [2.24, 2.45) is 0 Å². The van der Waals surface area contributed by atoms with Gasteiger partial charge in [0, 0.05) is 0 Å². The molecular weight excluding hydrogens is 391 g/mol. The first-order valence-electron chi connectivity index (χ1n) is 11.6. The zero-order valence-corrected chi connectivity index (χ0v) is 22.0. The molecule has 0 aliphatic carbocycles. The minimum absolute atomic E-state index is 0. The molecule has 1 unspecified atom stereocenters. The van der Waals surface area contributed by atoms with E-state index in [2.05, 4.69) is 13.8 Å². The van der Waals surface area contributed by atoms with Crippen molar-refractivity contribution in [1.29, 1.82) is 0 Å². The number of hydrogen-bond acceptors (Lipinski definition) is 3. The molecule has 0 bridgehead atoms. The van der Waals surface area contributed by atoms with Crippen molar-refractivity contribution in [3.05, 3.63) is 30.3 Å². The molecule has 0 aliphatic rings. The Morgan fingerprint density at radius 1 is 0.724 bits per heavy atom. The van der Waals surface area contributed by atoms with Crippen LogP contribution < -0.4 is 33.7 Å². The van der Waals surface area contributed by atoms with E-state index < -0.39 is 10.1 Å². The van der Waals surface area contributed by atoms with E-state index in [-0.39, 0.29) is 36.2 Å². The van der Waals surface area contributed by atoms with E-state index in [1.165, 1.54) is 51.4 Å². The fourth-order valence-corrected chi connectivity index (χ4v) is 5.02. The molecule has 1 aromatic carbocycles. The van der Waals surface area contributed by atoms with Crippen LogP contribution in [0, 0.1) is 0 Å².